The van der Waals surface area contributed by atoms with Gasteiger partial charge in [-0.3, -0.25) is 4.79 Å². The van der Waals surface area contributed by atoms with Crippen LogP contribution in [0.3, 0.4) is 0 Å². The minimum absolute atomic E-state index is 0.326. The number of carbonyl (C=O) groups is 1. The third-order valence-electron chi connectivity index (χ3n) is 3.39. The molecule has 0 unspecified atom stereocenters. The number of hydrogen-bond acceptors (Lipinski definition) is 2. The van der Waals surface area contributed by atoms with E-state index in [0.717, 1.165) is 45.3 Å². The minimum atomic E-state index is 0.326. The highest BCUT2D eigenvalue weighted by Crippen LogP contribution is 2.17. The van der Waals surface area contributed by atoms with Crippen molar-refractivity contribution in [2.45, 2.75) is 39.5 Å². The predicted octanol–water partition coefficient (Wildman–Crippen LogP) is 1.88. The molecule has 1 amide bonds. The van der Waals surface area contributed by atoms with Gasteiger partial charge in [-0.1, -0.05) is 13.8 Å². The van der Waals surface area contributed by atoms with Crippen LogP contribution in [0.2, 0.25) is 0 Å². The fraction of sp³-hybridized carbons (Fsp3) is 0.923. The van der Waals surface area contributed by atoms with Crippen molar-refractivity contribution in [2.24, 2.45) is 11.8 Å². The SMILES string of the molecule is CC(C)CCN(C)C(=O)CC1CCNCC1. The van der Waals surface area contributed by atoms with Gasteiger partial charge in [0.2, 0.25) is 5.91 Å². The molecule has 0 bridgehead atoms. The van der Waals surface area contributed by atoms with Crippen molar-refractivity contribution in [2.75, 3.05) is 26.7 Å². The third-order valence-corrected chi connectivity index (χ3v) is 3.39. The Hall–Kier alpha value is -0.570. The number of hydrogen-bond donors (Lipinski definition) is 1. The fourth-order valence-corrected chi connectivity index (χ4v) is 2.07. The number of rotatable bonds is 5. The number of piperidine rings is 1. The molecule has 16 heavy (non-hydrogen) atoms. The van der Waals surface area contributed by atoms with Crippen LogP contribution in [0.4, 0.5) is 0 Å². The predicted molar refractivity (Wildman–Crippen MR) is 67.3 cm³/mol. The zero-order valence-electron chi connectivity index (χ0n) is 11.0. The maximum Gasteiger partial charge on any atom is 0.222 e. The lowest BCUT2D eigenvalue weighted by molar-refractivity contribution is -0.131. The van der Waals surface area contributed by atoms with Crippen molar-refractivity contribution < 1.29 is 4.79 Å². The second kappa shape index (κ2) is 6.89. The Morgan fingerprint density at radius 3 is 2.56 bits per heavy atom. The van der Waals surface area contributed by atoms with Gasteiger partial charge in [0, 0.05) is 20.0 Å². The summed E-state index contributed by atoms with van der Waals surface area (Å²) in [5, 5.41) is 3.33. The van der Waals surface area contributed by atoms with Crippen molar-refractivity contribution >= 4 is 5.91 Å². The van der Waals surface area contributed by atoms with Gasteiger partial charge in [0.25, 0.3) is 0 Å². The van der Waals surface area contributed by atoms with Gasteiger partial charge in [-0.2, -0.15) is 0 Å². The van der Waals surface area contributed by atoms with E-state index in [9.17, 15) is 4.79 Å². The zero-order valence-corrected chi connectivity index (χ0v) is 11.0. The van der Waals surface area contributed by atoms with Crippen molar-refractivity contribution in [1.29, 1.82) is 0 Å². The van der Waals surface area contributed by atoms with Crippen LogP contribution < -0.4 is 5.32 Å². The number of nitrogens with zero attached hydrogens (tertiary/aromatic N) is 1. The van der Waals surface area contributed by atoms with E-state index in [4.69, 9.17) is 0 Å². The Labute approximate surface area is 99.6 Å². The normalized spacial score (nSPS) is 17.8. The first-order valence-corrected chi connectivity index (χ1v) is 6.54. The lowest BCUT2D eigenvalue weighted by Gasteiger charge is -2.25. The Morgan fingerprint density at radius 2 is 2.00 bits per heavy atom. The molecule has 1 aliphatic rings. The van der Waals surface area contributed by atoms with Gasteiger partial charge < -0.3 is 10.2 Å². The molecule has 1 heterocycles. The first-order chi connectivity index (χ1) is 7.59. The molecule has 0 aliphatic carbocycles. The average molecular weight is 226 g/mol. The van der Waals surface area contributed by atoms with E-state index in [-0.39, 0.29) is 0 Å². The number of carbonyl (C=O) groups excluding carboxylic acids is 1. The molecule has 0 spiro atoms. The summed E-state index contributed by atoms with van der Waals surface area (Å²) in [6.07, 6.45) is 4.16. The van der Waals surface area contributed by atoms with Crippen LogP contribution in [0, 0.1) is 11.8 Å². The maximum absolute atomic E-state index is 11.9. The van der Waals surface area contributed by atoms with E-state index >= 15 is 0 Å². The molecule has 1 rings (SSSR count). The molecule has 0 aromatic heterocycles. The first-order valence-electron chi connectivity index (χ1n) is 6.54. The fourth-order valence-electron chi connectivity index (χ4n) is 2.07. The molecule has 94 valence electrons. The van der Waals surface area contributed by atoms with Gasteiger partial charge in [0.1, 0.15) is 0 Å². The topological polar surface area (TPSA) is 32.3 Å². The van der Waals surface area contributed by atoms with E-state index < -0.39 is 0 Å². The first kappa shape index (κ1) is 13.5. The molecule has 1 fully saturated rings. The minimum Gasteiger partial charge on any atom is -0.346 e. The van der Waals surface area contributed by atoms with Crippen molar-refractivity contribution in [3.05, 3.63) is 0 Å². The Kier molecular flexibility index (Phi) is 5.81. The maximum atomic E-state index is 11.9. The summed E-state index contributed by atoms with van der Waals surface area (Å²) in [6, 6.07) is 0. The highest BCUT2D eigenvalue weighted by atomic mass is 16.2. The average Bonchev–Trinajstić information content (AvgIpc) is 2.27. The van der Waals surface area contributed by atoms with E-state index in [1.165, 1.54) is 0 Å². The van der Waals surface area contributed by atoms with E-state index in [0.29, 0.717) is 17.7 Å². The molecule has 3 nitrogen and oxygen atoms in total. The molecule has 1 saturated heterocycles. The summed E-state index contributed by atoms with van der Waals surface area (Å²) < 4.78 is 0. The summed E-state index contributed by atoms with van der Waals surface area (Å²) in [7, 11) is 1.94. The van der Waals surface area contributed by atoms with Crippen LogP contribution in [0.15, 0.2) is 0 Å². The summed E-state index contributed by atoms with van der Waals surface area (Å²) in [4.78, 5) is 13.8. The van der Waals surface area contributed by atoms with Crippen LogP contribution in [-0.2, 0) is 4.79 Å². The summed E-state index contributed by atoms with van der Waals surface area (Å²) in [5.41, 5.74) is 0. The second-order valence-corrected chi connectivity index (χ2v) is 5.40. The van der Waals surface area contributed by atoms with Gasteiger partial charge in [-0.25, -0.2) is 0 Å². The molecule has 0 saturated carbocycles. The van der Waals surface area contributed by atoms with E-state index in [1.807, 2.05) is 11.9 Å². The standard InChI is InChI=1S/C13H26N2O/c1-11(2)6-9-15(3)13(16)10-12-4-7-14-8-5-12/h11-12,14H,4-10H2,1-3H3. The van der Waals surface area contributed by atoms with Crippen molar-refractivity contribution in [1.82, 2.24) is 10.2 Å². The smallest absolute Gasteiger partial charge is 0.222 e. The summed E-state index contributed by atoms with van der Waals surface area (Å²) in [6.45, 7) is 7.46. The quantitative estimate of drug-likeness (QED) is 0.776. The highest BCUT2D eigenvalue weighted by molar-refractivity contribution is 5.76. The Bertz CT molecular complexity index is 210. The highest BCUT2D eigenvalue weighted by Gasteiger charge is 2.18. The number of amides is 1. The van der Waals surface area contributed by atoms with Crippen LogP contribution in [-0.4, -0.2) is 37.5 Å². The third kappa shape index (κ3) is 4.97. The lowest BCUT2D eigenvalue weighted by Crippen LogP contribution is -2.34. The van der Waals surface area contributed by atoms with Crippen LogP contribution in [0.25, 0.3) is 0 Å². The molecule has 1 N–H and O–H groups in total. The van der Waals surface area contributed by atoms with Crippen molar-refractivity contribution in [3.63, 3.8) is 0 Å². The molecule has 0 atom stereocenters. The summed E-state index contributed by atoms with van der Waals surface area (Å²) >= 11 is 0. The lowest BCUT2D eigenvalue weighted by atomic mass is 9.94. The van der Waals surface area contributed by atoms with Crippen LogP contribution >= 0.6 is 0 Å². The van der Waals surface area contributed by atoms with Gasteiger partial charge in [-0.15, -0.1) is 0 Å². The number of nitrogens with one attached hydrogen (secondary N) is 1. The molecular weight excluding hydrogens is 200 g/mol. The molecular formula is C13H26N2O. The molecule has 1 aliphatic heterocycles. The zero-order chi connectivity index (χ0) is 12.0. The second-order valence-electron chi connectivity index (χ2n) is 5.40. The van der Waals surface area contributed by atoms with E-state index in [2.05, 4.69) is 19.2 Å². The van der Waals surface area contributed by atoms with Gasteiger partial charge >= 0.3 is 0 Å². The Balaban J connectivity index is 2.22. The monoisotopic (exact) mass is 226 g/mol. The van der Waals surface area contributed by atoms with Gasteiger partial charge in [-0.05, 0) is 44.2 Å². The summed E-state index contributed by atoms with van der Waals surface area (Å²) in [5.74, 6) is 1.61. The molecule has 0 aromatic carbocycles. The molecule has 0 aromatic rings. The van der Waals surface area contributed by atoms with Gasteiger partial charge in [0.15, 0.2) is 0 Å². The molecule has 0 radical (unpaired) electrons. The Morgan fingerprint density at radius 1 is 1.38 bits per heavy atom. The van der Waals surface area contributed by atoms with Gasteiger partial charge in [0.05, 0.1) is 0 Å². The van der Waals surface area contributed by atoms with Crippen LogP contribution in [0.5, 0.6) is 0 Å². The van der Waals surface area contributed by atoms with Crippen LogP contribution in [0.1, 0.15) is 39.5 Å². The van der Waals surface area contributed by atoms with E-state index in [1.54, 1.807) is 0 Å². The largest absolute Gasteiger partial charge is 0.346 e. The molecule has 3 heteroatoms. The van der Waals surface area contributed by atoms with Crippen molar-refractivity contribution in [3.8, 4) is 0 Å².